The molecule has 0 amide bonds. The van der Waals surface area contributed by atoms with Gasteiger partial charge in [0.15, 0.2) is 0 Å². The minimum atomic E-state index is -0.497. The Labute approximate surface area is 169 Å². The Morgan fingerprint density at radius 2 is 1.86 bits per heavy atom. The van der Waals surface area contributed by atoms with Gasteiger partial charge in [0.1, 0.15) is 24.3 Å². The molecule has 3 rings (SSSR count). The maximum atomic E-state index is 10.4. The van der Waals surface area contributed by atoms with Gasteiger partial charge in [0, 0.05) is 38.9 Å². The number of anilines is 1. The standard InChI is InChI=1S/C23H33N3O2/c1-18-15-19(23(2,3)4)8-9-21(18)28-17-20(27)16-25-11-13-26(14-12-25)22-7-5-6-10-24-22/h5-10,15,20,27H,11-14,16-17H2,1-4H3. The van der Waals surface area contributed by atoms with Crippen LogP contribution >= 0.6 is 0 Å². The second kappa shape index (κ2) is 8.93. The average Bonchev–Trinajstić information content (AvgIpc) is 2.67. The SMILES string of the molecule is Cc1cc(C(C)(C)C)ccc1OCC(O)CN1CCN(c2ccccn2)CC1. The highest BCUT2D eigenvalue weighted by molar-refractivity contribution is 5.39. The molecule has 1 aliphatic rings. The summed E-state index contributed by atoms with van der Waals surface area (Å²) in [7, 11) is 0. The van der Waals surface area contributed by atoms with Gasteiger partial charge in [0.25, 0.3) is 0 Å². The lowest BCUT2D eigenvalue weighted by Gasteiger charge is -2.36. The smallest absolute Gasteiger partial charge is 0.128 e. The Balaban J connectivity index is 1.45. The minimum Gasteiger partial charge on any atom is -0.491 e. The lowest BCUT2D eigenvalue weighted by atomic mass is 9.86. The van der Waals surface area contributed by atoms with Crippen molar-refractivity contribution in [3.05, 3.63) is 53.7 Å². The Morgan fingerprint density at radius 3 is 2.46 bits per heavy atom. The molecule has 152 valence electrons. The number of hydrogen-bond donors (Lipinski definition) is 1. The zero-order valence-corrected chi connectivity index (χ0v) is 17.6. The summed E-state index contributed by atoms with van der Waals surface area (Å²) in [5.41, 5.74) is 2.53. The number of aryl methyl sites for hydroxylation is 1. The highest BCUT2D eigenvalue weighted by atomic mass is 16.5. The van der Waals surface area contributed by atoms with Gasteiger partial charge in [0.05, 0.1) is 0 Å². The first-order valence-corrected chi connectivity index (χ1v) is 10.1. The summed E-state index contributed by atoms with van der Waals surface area (Å²) < 4.78 is 5.90. The van der Waals surface area contributed by atoms with E-state index in [1.54, 1.807) is 0 Å². The largest absolute Gasteiger partial charge is 0.491 e. The van der Waals surface area contributed by atoms with Gasteiger partial charge in [-0.1, -0.05) is 39.0 Å². The number of aliphatic hydroxyl groups is 1. The van der Waals surface area contributed by atoms with Crippen molar-refractivity contribution in [2.24, 2.45) is 0 Å². The number of benzene rings is 1. The van der Waals surface area contributed by atoms with E-state index in [2.05, 4.69) is 54.6 Å². The lowest BCUT2D eigenvalue weighted by Crippen LogP contribution is -2.49. The molecule has 0 aliphatic carbocycles. The van der Waals surface area contributed by atoms with E-state index in [0.717, 1.165) is 43.3 Å². The number of pyridine rings is 1. The van der Waals surface area contributed by atoms with E-state index in [9.17, 15) is 5.11 Å². The molecule has 0 radical (unpaired) electrons. The van der Waals surface area contributed by atoms with Crippen LogP contribution in [0.25, 0.3) is 0 Å². The topological polar surface area (TPSA) is 48.8 Å². The molecular weight excluding hydrogens is 350 g/mol. The van der Waals surface area contributed by atoms with Crippen molar-refractivity contribution in [2.75, 3.05) is 44.2 Å². The zero-order chi connectivity index (χ0) is 20.1. The van der Waals surface area contributed by atoms with E-state index in [-0.39, 0.29) is 5.41 Å². The van der Waals surface area contributed by atoms with Crippen LogP contribution < -0.4 is 9.64 Å². The summed E-state index contributed by atoms with van der Waals surface area (Å²) in [6.45, 7) is 13.3. The number of nitrogens with zero attached hydrogens (tertiary/aromatic N) is 3. The van der Waals surface area contributed by atoms with E-state index in [1.165, 1.54) is 5.56 Å². The van der Waals surface area contributed by atoms with Gasteiger partial charge in [0.2, 0.25) is 0 Å². The summed E-state index contributed by atoms with van der Waals surface area (Å²) in [6, 6.07) is 12.3. The number of piperazine rings is 1. The second-order valence-electron chi connectivity index (χ2n) is 8.67. The molecule has 0 bridgehead atoms. The summed E-state index contributed by atoms with van der Waals surface area (Å²) in [5, 5.41) is 10.4. The molecule has 1 fully saturated rings. The maximum absolute atomic E-state index is 10.4. The zero-order valence-electron chi connectivity index (χ0n) is 17.6. The van der Waals surface area contributed by atoms with Crippen LogP contribution in [0.5, 0.6) is 5.75 Å². The molecule has 1 saturated heterocycles. The third-order valence-corrected chi connectivity index (χ3v) is 5.29. The van der Waals surface area contributed by atoms with Gasteiger partial charge >= 0.3 is 0 Å². The first-order valence-electron chi connectivity index (χ1n) is 10.1. The molecule has 5 heteroatoms. The molecule has 2 aromatic rings. The molecule has 1 atom stereocenters. The highest BCUT2D eigenvalue weighted by Gasteiger charge is 2.20. The highest BCUT2D eigenvalue weighted by Crippen LogP contribution is 2.27. The molecule has 1 aromatic carbocycles. The third-order valence-electron chi connectivity index (χ3n) is 5.29. The molecule has 1 aromatic heterocycles. The van der Waals surface area contributed by atoms with Crippen LogP contribution in [0.3, 0.4) is 0 Å². The van der Waals surface area contributed by atoms with Crippen molar-refractivity contribution in [1.29, 1.82) is 0 Å². The van der Waals surface area contributed by atoms with Gasteiger partial charge in [-0.25, -0.2) is 4.98 Å². The Morgan fingerprint density at radius 1 is 1.11 bits per heavy atom. The fraction of sp³-hybridized carbons (Fsp3) is 0.522. The molecule has 0 saturated carbocycles. The fourth-order valence-corrected chi connectivity index (χ4v) is 3.51. The van der Waals surface area contributed by atoms with Gasteiger partial charge < -0.3 is 14.7 Å². The molecule has 0 spiro atoms. The molecule has 28 heavy (non-hydrogen) atoms. The number of hydrogen-bond acceptors (Lipinski definition) is 5. The number of rotatable bonds is 6. The van der Waals surface area contributed by atoms with Gasteiger partial charge in [-0.2, -0.15) is 0 Å². The van der Waals surface area contributed by atoms with E-state index < -0.39 is 6.10 Å². The Kier molecular flexibility index (Phi) is 6.57. The molecule has 1 unspecified atom stereocenters. The number of ether oxygens (including phenoxy) is 1. The van der Waals surface area contributed by atoms with Crippen molar-refractivity contribution >= 4 is 5.82 Å². The van der Waals surface area contributed by atoms with Crippen LogP contribution in [-0.2, 0) is 5.41 Å². The molecule has 2 heterocycles. The first kappa shape index (κ1) is 20.6. The summed E-state index contributed by atoms with van der Waals surface area (Å²) in [4.78, 5) is 9.00. The summed E-state index contributed by atoms with van der Waals surface area (Å²) in [5.74, 6) is 1.88. The molecule has 1 N–H and O–H groups in total. The average molecular weight is 384 g/mol. The Bertz CT molecular complexity index is 750. The number of aliphatic hydroxyl groups excluding tert-OH is 1. The normalized spacial score (nSPS) is 16.8. The van der Waals surface area contributed by atoms with Crippen LogP contribution in [-0.4, -0.2) is 60.4 Å². The second-order valence-corrected chi connectivity index (χ2v) is 8.67. The van der Waals surface area contributed by atoms with E-state index in [1.807, 2.05) is 30.5 Å². The summed E-state index contributed by atoms with van der Waals surface area (Å²) in [6.07, 6.45) is 1.34. The Hall–Kier alpha value is -2.11. The monoisotopic (exact) mass is 383 g/mol. The molecule has 1 aliphatic heterocycles. The van der Waals surface area contributed by atoms with E-state index in [0.29, 0.717) is 13.2 Å². The van der Waals surface area contributed by atoms with E-state index in [4.69, 9.17) is 4.74 Å². The maximum Gasteiger partial charge on any atom is 0.128 e. The summed E-state index contributed by atoms with van der Waals surface area (Å²) >= 11 is 0. The van der Waals surface area contributed by atoms with Crippen LogP contribution in [0.15, 0.2) is 42.6 Å². The van der Waals surface area contributed by atoms with Crippen molar-refractivity contribution in [2.45, 2.75) is 39.2 Å². The lowest BCUT2D eigenvalue weighted by molar-refractivity contribution is 0.0660. The van der Waals surface area contributed by atoms with Crippen LogP contribution in [0, 0.1) is 6.92 Å². The van der Waals surface area contributed by atoms with E-state index >= 15 is 0 Å². The van der Waals surface area contributed by atoms with Crippen molar-refractivity contribution in [3.63, 3.8) is 0 Å². The number of aromatic nitrogens is 1. The van der Waals surface area contributed by atoms with Gasteiger partial charge in [-0.15, -0.1) is 0 Å². The van der Waals surface area contributed by atoms with Crippen molar-refractivity contribution in [3.8, 4) is 5.75 Å². The van der Waals surface area contributed by atoms with Crippen molar-refractivity contribution < 1.29 is 9.84 Å². The third kappa shape index (κ3) is 5.46. The molecule has 5 nitrogen and oxygen atoms in total. The first-order chi connectivity index (χ1) is 13.3. The quantitative estimate of drug-likeness (QED) is 0.830. The van der Waals surface area contributed by atoms with Crippen LogP contribution in [0.1, 0.15) is 31.9 Å². The molecular formula is C23H33N3O2. The van der Waals surface area contributed by atoms with Gasteiger partial charge in [-0.3, -0.25) is 4.90 Å². The number of β-amino-alcohol motifs (C(OH)–C–C–N with tert-alkyl or cyclic N) is 1. The van der Waals surface area contributed by atoms with Gasteiger partial charge in [-0.05, 0) is 41.7 Å². The predicted molar refractivity (Wildman–Crippen MR) is 114 cm³/mol. The van der Waals surface area contributed by atoms with Crippen molar-refractivity contribution in [1.82, 2.24) is 9.88 Å². The fourth-order valence-electron chi connectivity index (χ4n) is 3.51. The minimum absolute atomic E-state index is 0.125. The van der Waals surface area contributed by atoms with Crippen LogP contribution in [0.2, 0.25) is 0 Å². The van der Waals surface area contributed by atoms with Crippen LogP contribution in [0.4, 0.5) is 5.82 Å². The predicted octanol–water partition coefficient (Wildman–Crippen LogP) is 3.25.